The van der Waals surface area contributed by atoms with E-state index in [-0.39, 0.29) is 25.0 Å². The van der Waals surface area contributed by atoms with Gasteiger partial charge in [-0.15, -0.1) is 23.1 Å². The van der Waals surface area contributed by atoms with E-state index in [1.54, 1.807) is 59.5 Å². The molecular weight excluding hydrogens is 432 g/mol. The molecule has 0 radical (unpaired) electrons. The van der Waals surface area contributed by atoms with Gasteiger partial charge in [0.2, 0.25) is 0 Å². The fraction of sp³-hybridized carbons (Fsp3) is 0.217. The van der Waals surface area contributed by atoms with Crippen molar-refractivity contribution < 1.29 is 19.1 Å². The van der Waals surface area contributed by atoms with Gasteiger partial charge >= 0.3 is 5.97 Å². The molecule has 6 nitrogen and oxygen atoms in total. The number of hydrogen-bond donors (Lipinski definition) is 0. The summed E-state index contributed by atoms with van der Waals surface area (Å²) in [5, 5.41) is 3.03. The number of ether oxygens (including phenoxy) is 1. The van der Waals surface area contributed by atoms with Gasteiger partial charge in [-0.2, -0.15) is 0 Å². The number of hydrogen-bond acceptors (Lipinski definition) is 7. The monoisotopic (exact) mass is 452 g/mol. The van der Waals surface area contributed by atoms with E-state index >= 15 is 0 Å². The number of thiazole rings is 1. The van der Waals surface area contributed by atoms with Gasteiger partial charge in [-0.1, -0.05) is 24.3 Å². The Hall–Kier alpha value is -2.97. The molecule has 4 rings (SSSR count). The maximum absolute atomic E-state index is 12.6. The zero-order chi connectivity index (χ0) is 21.8. The van der Waals surface area contributed by atoms with Crippen molar-refractivity contribution in [2.75, 3.05) is 13.2 Å². The Morgan fingerprint density at radius 1 is 1.06 bits per heavy atom. The molecule has 1 aliphatic heterocycles. The highest BCUT2D eigenvalue weighted by Gasteiger charge is 2.34. The van der Waals surface area contributed by atoms with E-state index in [0.29, 0.717) is 28.9 Å². The topological polar surface area (TPSA) is 76.6 Å². The van der Waals surface area contributed by atoms with Crippen LogP contribution in [0, 0.1) is 6.92 Å². The molecule has 0 fully saturated rings. The summed E-state index contributed by atoms with van der Waals surface area (Å²) < 4.78 is 5.42. The lowest BCUT2D eigenvalue weighted by Crippen LogP contribution is -2.31. The number of imide groups is 1. The molecule has 0 saturated heterocycles. The van der Waals surface area contributed by atoms with Gasteiger partial charge in [0.25, 0.3) is 11.8 Å². The average molecular weight is 453 g/mol. The van der Waals surface area contributed by atoms with Crippen molar-refractivity contribution in [1.82, 2.24) is 9.88 Å². The average Bonchev–Trinajstić information content (AvgIpc) is 3.31. The summed E-state index contributed by atoms with van der Waals surface area (Å²) in [7, 11) is 0. The normalized spacial score (nSPS) is 12.9. The highest BCUT2D eigenvalue weighted by atomic mass is 32.2. The number of aromatic nitrogens is 1. The Kier molecular flexibility index (Phi) is 6.48. The van der Waals surface area contributed by atoms with E-state index in [0.717, 1.165) is 15.6 Å². The number of benzene rings is 2. The maximum atomic E-state index is 12.6. The zero-order valence-electron chi connectivity index (χ0n) is 16.9. The quantitative estimate of drug-likeness (QED) is 0.215. The number of amides is 2. The number of carbonyl (C=O) groups excluding carboxylic acids is 3. The molecular formula is C23H20N2O4S2. The lowest BCUT2D eigenvalue weighted by Gasteiger charge is -2.14. The summed E-state index contributed by atoms with van der Waals surface area (Å²) in [5.41, 5.74) is 2.33. The van der Waals surface area contributed by atoms with Crippen LogP contribution < -0.4 is 0 Å². The summed E-state index contributed by atoms with van der Waals surface area (Å²) in [6.07, 6.45) is 0.380. The molecule has 0 bridgehead atoms. The summed E-state index contributed by atoms with van der Waals surface area (Å²) >= 11 is 3.14. The van der Waals surface area contributed by atoms with Crippen LogP contribution in [-0.2, 0) is 10.5 Å². The molecule has 158 valence electrons. The van der Waals surface area contributed by atoms with Crippen LogP contribution >= 0.6 is 23.1 Å². The molecule has 0 N–H and O–H groups in total. The third kappa shape index (κ3) is 4.70. The van der Waals surface area contributed by atoms with Gasteiger partial charge in [0.05, 0.1) is 34.0 Å². The minimum absolute atomic E-state index is 0.122. The van der Waals surface area contributed by atoms with E-state index < -0.39 is 5.97 Å². The van der Waals surface area contributed by atoms with Crippen molar-refractivity contribution >= 4 is 40.9 Å². The first kappa shape index (κ1) is 21.3. The Labute approximate surface area is 188 Å². The first-order valence-electron chi connectivity index (χ1n) is 9.80. The standard InChI is InChI=1S/C23H20N2O4S2/c1-15-24-16(13-30-15)14-31-20-10-5-4-9-19(20)23(28)29-12-6-11-25-21(26)17-7-2-3-8-18(17)22(25)27/h2-5,7-10,13H,6,11-12,14H2,1H3. The van der Waals surface area contributed by atoms with E-state index in [9.17, 15) is 14.4 Å². The summed E-state index contributed by atoms with van der Waals surface area (Å²) in [6, 6.07) is 14.1. The number of thioether (sulfide) groups is 1. The number of fused-ring (bicyclic) bond motifs is 1. The van der Waals surface area contributed by atoms with E-state index in [1.165, 1.54) is 4.90 Å². The molecule has 3 aromatic rings. The molecule has 0 atom stereocenters. The lowest BCUT2D eigenvalue weighted by atomic mass is 10.1. The van der Waals surface area contributed by atoms with E-state index in [4.69, 9.17) is 4.74 Å². The molecule has 2 aromatic carbocycles. The molecule has 0 aliphatic carbocycles. The Balaban J connectivity index is 1.30. The molecule has 1 aliphatic rings. The minimum Gasteiger partial charge on any atom is -0.462 e. The van der Waals surface area contributed by atoms with Crippen LogP contribution in [0.15, 0.2) is 58.8 Å². The molecule has 2 heterocycles. The van der Waals surface area contributed by atoms with E-state index in [1.807, 2.05) is 24.4 Å². The fourth-order valence-corrected chi connectivity index (χ4v) is 4.95. The molecule has 8 heteroatoms. The fourth-order valence-electron chi connectivity index (χ4n) is 3.29. The highest BCUT2D eigenvalue weighted by molar-refractivity contribution is 7.98. The summed E-state index contributed by atoms with van der Waals surface area (Å²) in [4.78, 5) is 43.8. The minimum atomic E-state index is -0.417. The zero-order valence-corrected chi connectivity index (χ0v) is 18.5. The van der Waals surface area contributed by atoms with Crippen LogP contribution in [0.1, 0.15) is 48.2 Å². The second-order valence-electron chi connectivity index (χ2n) is 6.94. The smallest absolute Gasteiger partial charge is 0.339 e. The second kappa shape index (κ2) is 9.45. The number of rotatable bonds is 8. The van der Waals surface area contributed by atoms with Crippen LogP contribution in [0.25, 0.3) is 0 Å². The maximum Gasteiger partial charge on any atom is 0.339 e. The van der Waals surface area contributed by atoms with Crippen LogP contribution in [-0.4, -0.2) is 40.8 Å². The number of aryl methyl sites for hydroxylation is 1. The number of esters is 1. The van der Waals surface area contributed by atoms with Crippen LogP contribution in [0.5, 0.6) is 0 Å². The highest BCUT2D eigenvalue weighted by Crippen LogP contribution is 2.27. The summed E-state index contributed by atoms with van der Waals surface area (Å²) in [5.74, 6) is -0.342. The van der Waals surface area contributed by atoms with Crippen LogP contribution in [0.2, 0.25) is 0 Å². The molecule has 0 spiro atoms. The van der Waals surface area contributed by atoms with Crippen molar-refractivity contribution in [3.8, 4) is 0 Å². The van der Waals surface area contributed by atoms with Gasteiger partial charge in [0, 0.05) is 22.6 Å². The van der Waals surface area contributed by atoms with Gasteiger partial charge in [-0.05, 0) is 37.6 Å². The molecule has 2 amide bonds. The van der Waals surface area contributed by atoms with Crippen molar-refractivity contribution in [2.24, 2.45) is 0 Å². The lowest BCUT2D eigenvalue weighted by molar-refractivity contribution is 0.0478. The molecule has 0 unspecified atom stereocenters. The third-order valence-corrected chi connectivity index (χ3v) is 6.72. The summed E-state index contributed by atoms with van der Waals surface area (Å²) in [6.45, 7) is 2.29. The van der Waals surface area contributed by atoms with Crippen molar-refractivity contribution in [3.63, 3.8) is 0 Å². The predicted molar refractivity (Wildman–Crippen MR) is 120 cm³/mol. The van der Waals surface area contributed by atoms with Gasteiger partial charge < -0.3 is 4.74 Å². The first-order valence-corrected chi connectivity index (χ1v) is 11.7. The first-order chi connectivity index (χ1) is 15.0. The Morgan fingerprint density at radius 3 is 2.42 bits per heavy atom. The number of nitrogens with zero attached hydrogens (tertiary/aromatic N) is 2. The van der Waals surface area contributed by atoms with Crippen molar-refractivity contribution in [2.45, 2.75) is 24.0 Å². The molecule has 1 aromatic heterocycles. The van der Waals surface area contributed by atoms with Crippen molar-refractivity contribution in [3.05, 3.63) is 81.3 Å². The van der Waals surface area contributed by atoms with Gasteiger partial charge in [0.1, 0.15) is 0 Å². The number of carbonyl (C=O) groups is 3. The van der Waals surface area contributed by atoms with Gasteiger partial charge in [-0.3, -0.25) is 14.5 Å². The third-order valence-electron chi connectivity index (χ3n) is 4.79. The SMILES string of the molecule is Cc1nc(CSc2ccccc2C(=O)OCCCN2C(=O)c3ccccc3C2=O)cs1. The van der Waals surface area contributed by atoms with Gasteiger partial charge in [-0.25, -0.2) is 9.78 Å². The van der Waals surface area contributed by atoms with E-state index in [2.05, 4.69) is 4.98 Å². The predicted octanol–water partition coefficient (Wildman–Crippen LogP) is 4.59. The largest absolute Gasteiger partial charge is 0.462 e. The van der Waals surface area contributed by atoms with Crippen LogP contribution in [0.3, 0.4) is 0 Å². The second-order valence-corrected chi connectivity index (χ2v) is 9.02. The van der Waals surface area contributed by atoms with Crippen LogP contribution in [0.4, 0.5) is 0 Å². The Morgan fingerprint density at radius 2 is 1.74 bits per heavy atom. The Bertz CT molecular complexity index is 1110. The van der Waals surface area contributed by atoms with Crippen molar-refractivity contribution in [1.29, 1.82) is 0 Å². The molecule has 0 saturated carbocycles. The molecule has 31 heavy (non-hydrogen) atoms. The van der Waals surface area contributed by atoms with Gasteiger partial charge in [0.15, 0.2) is 0 Å².